The van der Waals surface area contributed by atoms with Crippen LogP contribution in [0.4, 0.5) is 4.39 Å². The van der Waals surface area contributed by atoms with E-state index in [4.69, 9.17) is 4.74 Å². The number of guanidine groups is 1. The van der Waals surface area contributed by atoms with Crippen LogP contribution in [0.15, 0.2) is 23.2 Å². The van der Waals surface area contributed by atoms with E-state index in [0.717, 1.165) is 31.4 Å². The van der Waals surface area contributed by atoms with Crippen LogP contribution in [0, 0.1) is 17.7 Å². The van der Waals surface area contributed by atoms with Gasteiger partial charge in [0.1, 0.15) is 0 Å². The lowest BCUT2D eigenvalue weighted by atomic mass is 9.85. The number of halogens is 2. The van der Waals surface area contributed by atoms with Crippen molar-refractivity contribution in [3.05, 3.63) is 29.6 Å². The first-order chi connectivity index (χ1) is 14.6. The molecular formula is C23H36FIN4O2. The molecule has 0 spiro atoms. The van der Waals surface area contributed by atoms with E-state index in [2.05, 4.69) is 20.9 Å². The van der Waals surface area contributed by atoms with Gasteiger partial charge in [-0.25, -0.2) is 4.39 Å². The zero-order chi connectivity index (χ0) is 21.3. The van der Waals surface area contributed by atoms with Crippen LogP contribution in [0.1, 0.15) is 64.0 Å². The normalized spacial score (nSPS) is 17.2. The van der Waals surface area contributed by atoms with E-state index in [-0.39, 0.29) is 47.7 Å². The predicted molar refractivity (Wildman–Crippen MR) is 133 cm³/mol. The number of amides is 1. The highest BCUT2D eigenvalue weighted by Crippen LogP contribution is 2.30. The molecule has 174 valence electrons. The van der Waals surface area contributed by atoms with Crippen molar-refractivity contribution in [3.63, 3.8) is 0 Å². The summed E-state index contributed by atoms with van der Waals surface area (Å²) in [5.41, 5.74) is 0.838. The van der Waals surface area contributed by atoms with Gasteiger partial charge in [-0.3, -0.25) is 9.79 Å². The molecule has 0 saturated heterocycles. The van der Waals surface area contributed by atoms with Crippen molar-refractivity contribution < 1.29 is 13.9 Å². The Morgan fingerprint density at radius 1 is 1.26 bits per heavy atom. The molecule has 2 aliphatic carbocycles. The van der Waals surface area contributed by atoms with Gasteiger partial charge in [0, 0.05) is 25.6 Å². The number of ether oxygens (including phenoxy) is 1. The van der Waals surface area contributed by atoms with Crippen LogP contribution < -0.4 is 20.7 Å². The highest BCUT2D eigenvalue weighted by Gasteiger charge is 2.24. The molecule has 6 nitrogen and oxygen atoms in total. The Morgan fingerprint density at radius 3 is 2.65 bits per heavy atom. The highest BCUT2D eigenvalue weighted by molar-refractivity contribution is 14.0. The number of hydrogen-bond acceptors (Lipinski definition) is 3. The fraction of sp³-hybridized carbons (Fsp3) is 0.652. The Hall–Kier alpha value is -1.58. The van der Waals surface area contributed by atoms with E-state index in [9.17, 15) is 9.18 Å². The Morgan fingerprint density at radius 2 is 2.03 bits per heavy atom. The smallest absolute Gasteiger partial charge is 0.223 e. The van der Waals surface area contributed by atoms with Crippen molar-refractivity contribution in [1.82, 2.24) is 16.0 Å². The molecule has 1 aromatic rings. The molecule has 0 bridgehead atoms. The van der Waals surface area contributed by atoms with Crippen LogP contribution in [-0.4, -0.2) is 38.1 Å². The van der Waals surface area contributed by atoms with Crippen molar-refractivity contribution >= 4 is 35.8 Å². The number of carbonyl (C=O) groups is 1. The highest BCUT2D eigenvalue weighted by atomic mass is 127. The lowest BCUT2D eigenvalue weighted by Crippen LogP contribution is -2.39. The molecule has 0 radical (unpaired) electrons. The maximum Gasteiger partial charge on any atom is 0.223 e. The van der Waals surface area contributed by atoms with Gasteiger partial charge in [0.15, 0.2) is 17.5 Å². The van der Waals surface area contributed by atoms with Gasteiger partial charge >= 0.3 is 0 Å². The lowest BCUT2D eigenvalue weighted by molar-refractivity contribution is -0.127. The number of carbonyl (C=O) groups excluding carboxylic acids is 1. The molecule has 0 aromatic heterocycles. The average molecular weight is 546 g/mol. The van der Waals surface area contributed by atoms with E-state index >= 15 is 0 Å². The lowest BCUT2D eigenvalue weighted by Gasteiger charge is -2.23. The molecule has 1 amide bonds. The second-order valence-corrected chi connectivity index (χ2v) is 8.34. The van der Waals surface area contributed by atoms with Gasteiger partial charge in [0.25, 0.3) is 0 Å². The Balaban J connectivity index is 0.00000341. The molecule has 8 heteroatoms. The van der Waals surface area contributed by atoms with Gasteiger partial charge in [0.2, 0.25) is 5.91 Å². The fourth-order valence-electron chi connectivity index (χ4n) is 3.30. The number of rotatable bonds is 11. The first kappa shape index (κ1) is 25.7. The van der Waals surface area contributed by atoms with Crippen LogP contribution in [0.25, 0.3) is 0 Å². The van der Waals surface area contributed by atoms with Gasteiger partial charge in [-0.05, 0) is 69.6 Å². The second-order valence-electron chi connectivity index (χ2n) is 8.34. The number of hydrogen-bond donors (Lipinski definition) is 3. The van der Waals surface area contributed by atoms with Gasteiger partial charge in [-0.2, -0.15) is 0 Å². The molecule has 1 atom stereocenters. The molecule has 1 unspecified atom stereocenters. The van der Waals surface area contributed by atoms with Crippen molar-refractivity contribution in [2.24, 2.45) is 16.8 Å². The van der Waals surface area contributed by atoms with E-state index in [0.29, 0.717) is 37.3 Å². The van der Waals surface area contributed by atoms with Crippen LogP contribution in [0.5, 0.6) is 5.75 Å². The number of nitrogens with one attached hydrogen (secondary N) is 3. The third-order valence-corrected chi connectivity index (χ3v) is 5.70. The quantitative estimate of drug-likeness (QED) is 0.169. The summed E-state index contributed by atoms with van der Waals surface area (Å²) < 4.78 is 19.9. The molecule has 31 heavy (non-hydrogen) atoms. The second kappa shape index (κ2) is 13.1. The Kier molecular flexibility index (Phi) is 10.8. The monoisotopic (exact) mass is 546 g/mol. The van der Waals surface area contributed by atoms with Gasteiger partial charge < -0.3 is 20.7 Å². The molecule has 2 saturated carbocycles. The minimum Gasteiger partial charge on any atom is -0.490 e. The number of aliphatic imine (C=N–C) groups is 1. The summed E-state index contributed by atoms with van der Waals surface area (Å²) in [6.07, 6.45) is 6.35. The van der Waals surface area contributed by atoms with E-state index < -0.39 is 0 Å². The predicted octanol–water partition coefficient (Wildman–Crippen LogP) is 4.16. The minimum atomic E-state index is -0.328. The third kappa shape index (κ3) is 8.46. The van der Waals surface area contributed by atoms with E-state index in [1.54, 1.807) is 6.07 Å². The zero-order valence-electron chi connectivity index (χ0n) is 18.6. The molecule has 2 fully saturated rings. The standard InChI is InChI=1S/C23H35FN4O2.HI/c1-3-25-23(27-13-5-12-26-22(29)18-6-4-7-18)28-16(2)19-10-11-21(20(24)14-19)30-15-17-8-9-17;/h10-11,14,16-18H,3-9,12-13,15H2,1-2H3,(H,26,29)(H2,25,27,28);1H. The number of nitrogens with zero attached hydrogens (tertiary/aromatic N) is 1. The topological polar surface area (TPSA) is 74.8 Å². The molecule has 2 aliphatic rings. The van der Waals surface area contributed by atoms with Gasteiger partial charge in [0.05, 0.1) is 12.6 Å². The molecule has 3 rings (SSSR count). The molecule has 0 aliphatic heterocycles. The minimum absolute atomic E-state index is 0. The molecule has 0 heterocycles. The van der Waals surface area contributed by atoms with Crippen LogP contribution in [0.3, 0.4) is 0 Å². The molecule has 3 N–H and O–H groups in total. The third-order valence-electron chi connectivity index (χ3n) is 5.70. The summed E-state index contributed by atoms with van der Waals surface area (Å²) in [5, 5.41) is 9.53. The van der Waals surface area contributed by atoms with E-state index in [1.807, 2.05) is 19.9 Å². The molecule has 1 aromatic carbocycles. The van der Waals surface area contributed by atoms with Gasteiger partial charge in [-0.15, -0.1) is 24.0 Å². The van der Waals surface area contributed by atoms with E-state index in [1.165, 1.54) is 25.3 Å². The fourth-order valence-corrected chi connectivity index (χ4v) is 3.30. The largest absolute Gasteiger partial charge is 0.490 e. The number of benzene rings is 1. The van der Waals surface area contributed by atoms with Crippen molar-refractivity contribution in [2.75, 3.05) is 26.2 Å². The van der Waals surface area contributed by atoms with Gasteiger partial charge in [-0.1, -0.05) is 12.5 Å². The summed E-state index contributed by atoms with van der Waals surface area (Å²) in [7, 11) is 0. The first-order valence-corrected chi connectivity index (χ1v) is 11.3. The SMILES string of the molecule is CCNC(=NCCCNC(=O)C1CCC1)NC(C)c1ccc(OCC2CC2)c(F)c1.I. The molecular weight excluding hydrogens is 510 g/mol. The summed E-state index contributed by atoms with van der Waals surface area (Å²) in [4.78, 5) is 16.4. The van der Waals surface area contributed by atoms with Crippen LogP contribution in [0.2, 0.25) is 0 Å². The Labute approximate surface area is 202 Å². The van der Waals surface area contributed by atoms with Crippen LogP contribution in [-0.2, 0) is 4.79 Å². The van der Waals surface area contributed by atoms with Crippen molar-refractivity contribution in [1.29, 1.82) is 0 Å². The van der Waals surface area contributed by atoms with Crippen molar-refractivity contribution in [3.8, 4) is 5.75 Å². The maximum absolute atomic E-state index is 14.4. The first-order valence-electron chi connectivity index (χ1n) is 11.3. The van der Waals surface area contributed by atoms with Crippen LogP contribution >= 0.6 is 24.0 Å². The summed E-state index contributed by atoms with van der Waals surface area (Å²) in [5.74, 6) is 1.67. The average Bonchev–Trinajstić information content (AvgIpc) is 3.49. The zero-order valence-corrected chi connectivity index (χ0v) is 20.9. The summed E-state index contributed by atoms with van der Waals surface area (Å²) in [6, 6.07) is 5.02. The maximum atomic E-state index is 14.4. The Bertz CT molecular complexity index is 738. The van der Waals surface area contributed by atoms with Crippen molar-refractivity contribution in [2.45, 2.75) is 58.4 Å². The summed E-state index contributed by atoms with van der Waals surface area (Å²) >= 11 is 0. The summed E-state index contributed by atoms with van der Waals surface area (Å²) in [6.45, 7) is 6.57.